The van der Waals surface area contributed by atoms with Crippen molar-refractivity contribution in [2.45, 2.75) is 20.0 Å². The Bertz CT molecular complexity index is 1030. The van der Waals surface area contributed by atoms with Gasteiger partial charge >= 0.3 is 0 Å². The van der Waals surface area contributed by atoms with E-state index in [1.54, 1.807) is 12.1 Å². The number of amides is 1. The molecule has 160 valence electrons. The molecular formula is C21H25N3O4S2. The van der Waals surface area contributed by atoms with Gasteiger partial charge in [-0.05, 0) is 66.9 Å². The molecule has 1 aliphatic rings. The van der Waals surface area contributed by atoms with Gasteiger partial charge in [-0.2, -0.15) is 16.9 Å². The van der Waals surface area contributed by atoms with E-state index in [0.29, 0.717) is 5.69 Å². The average molecular weight is 448 g/mol. The third-order valence-electron chi connectivity index (χ3n) is 4.66. The minimum absolute atomic E-state index is 0.281. The number of hydrogen-bond donors (Lipinski definition) is 1. The summed E-state index contributed by atoms with van der Waals surface area (Å²) in [5.41, 5.74) is 5.61. The Morgan fingerprint density at radius 2 is 1.90 bits per heavy atom. The molecule has 0 aliphatic carbocycles. The number of hydrogen-bond acceptors (Lipinski definition) is 6. The summed E-state index contributed by atoms with van der Waals surface area (Å²) in [6.45, 7) is 3.48. The minimum Gasteiger partial charge on any atom is -0.489 e. The first kappa shape index (κ1) is 22.2. The molecule has 0 radical (unpaired) electrons. The number of ether oxygens (including phenoxy) is 1. The third kappa shape index (κ3) is 5.99. The van der Waals surface area contributed by atoms with Crippen LogP contribution >= 0.6 is 11.8 Å². The summed E-state index contributed by atoms with van der Waals surface area (Å²) in [5.74, 6) is 2.31. The number of sulfonamides is 1. The molecule has 30 heavy (non-hydrogen) atoms. The molecule has 2 aromatic carbocycles. The van der Waals surface area contributed by atoms with Crippen molar-refractivity contribution >= 4 is 39.6 Å². The zero-order chi connectivity index (χ0) is 21.7. The largest absolute Gasteiger partial charge is 0.489 e. The molecule has 1 amide bonds. The highest BCUT2D eigenvalue weighted by atomic mass is 32.2. The Hall–Kier alpha value is -2.52. The molecule has 0 spiro atoms. The van der Waals surface area contributed by atoms with E-state index in [4.69, 9.17) is 4.74 Å². The van der Waals surface area contributed by atoms with Crippen LogP contribution in [-0.4, -0.2) is 50.9 Å². The van der Waals surface area contributed by atoms with Gasteiger partial charge in [0.15, 0.2) is 0 Å². The standard InChI is InChI=1S/C21H25N3O4S2/c1-15-4-7-18(10-16(15)2)24(30(3,26)27)12-21(25)23-22-11-17-5-8-19(9-6-17)28-20-13-29-14-20/h4-11,20H,12-14H2,1-3H3,(H,23,25)/b22-11-. The van der Waals surface area contributed by atoms with Gasteiger partial charge in [0.1, 0.15) is 18.4 Å². The zero-order valence-electron chi connectivity index (χ0n) is 17.2. The van der Waals surface area contributed by atoms with E-state index in [1.807, 2.05) is 55.9 Å². The van der Waals surface area contributed by atoms with E-state index in [-0.39, 0.29) is 12.6 Å². The van der Waals surface area contributed by atoms with Gasteiger partial charge < -0.3 is 4.74 Å². The molecule has 1 saturated heterocycles. The van der Waals surface area contributed by atoms with Crippen molar-refractivity contribution in [3.05, 3.63) is 59.2 Å². The molecule has 1 N–H and O–H groups in total. The van der Waals surface area contributed by atoms with Crippen LogP contribution in [0.2, 0.25) is 0 Å². The summed E-state index contributed by atoms with van der Waals surface area (Å²) in [4.78, 5) is 12.3. The van der Waals surface area contributed by atoms with Crippen molar-refractivity contribution in [1.29, 1.82) is 0 Å². The highest BCUT2D eigenvalue weighted by Crippen LogP contribution is 2.24. The molecule has 1 aliphatic heterocycles. The fraction of sp³-hybridized carbons (Fsp3) is 0.333. The van der Waals surface area contributed by atoms with Crippen molar-refractivity contribution in [3.63, 3.8) is 0 Å². The number of aryl methyl sites for hydroxylation is 2. The number of rotatable bonds is 8. The molecule has 0 bridgehead atoms. The Kier molecular flexibility index (Phi) is 7.04. The van der Waals surface area contributed by atoms with Gasteiger partial charge in [0.2, 0.25) is 10.0 Å². The van der Waals surface area contributed by atoms with Crippen molar-refractivity contribution in [2.75, 3.05) is 28.6 Å². The highest BCUT2D eigenvalue weighted by molar-refractivity contribution is 8.00. The van der Waals surface area contributed by atoms with E-state index < -0.39 is 15.9 Å². The van der Waals surface area contributed by atoms with E-state index in [2.05, 4.69) is 10.5 Å². The van der Waals surface area contributed by atoms with Crippen LogP contribution in [0.1, 0.15) is 16.7 Å². The van der Waals surface area contributed by atoms with E-state index in [1.165, 1.54) is 6.21 Å². The van der Waals surface area contributed by atoms with Gasteiger partial charge in [-0.1, -0.05) is 6.07 Å². The lowest BCUT2D eigenvalue weighted by Gasteiger charge is -2.25. The fourth-order valence-corrected chi connectivity index (χ4v) is 4.14. The molecule has 9 heteroatoms. The summed E-state index contributed by atoms with van der Waals surface area (Å²) >= 11 is 1.86. The predicted octanol–water partition coefficient (Wildman–Crippen LogP) is 2.71. The summed E-state index contributed by atoms with van der Waals surface area (Å²) in [7, 11) is -3.63. The zero-order valence-corrected chi connectivity index (χ0v) is 18.8. The molecule has 1 heterocycles. The number of thioether (sulfide) groups is 1. The van der Waals surface area contributed by atoms with Crippen LogP contribution < -0.4 is 14.5 Å². The number of anilines is 1. The molecule has 0 atom stereocenters. The number of carbonyl (C=O) groups is 1. The second-order valence-corrected chi connectivity index (χ2v) is 10.2. The Balaban J connectivity index is 1.59. The third-order valence-corrected chi connectivity index (χ3v) is 7.01. The van der Waals surface area contributed by atoms with Crippen LogP contribution in [0.5, 0.6) is 5.75 Å². The van der Waals surface area contributed by atoms with Crippen LogP contribution in [-0.2, 0) is 14.8 Å². The monoisotopic (exact) mass is 447 g/mol. The Morgan fingerprint density at radius 3 is 2.47 bits per heavy atom. The quantitative estimate of drug-likeness (QED) is 0.497. The van der Waals surface area contributed by atoms with E-state index in [9.17, 15) is 13.2 Å². The number of hydrazone groups is 1. The second-order valence-electron chi connectivity index (χ2n) is 7.18. The van der Waals surface area contributed by atoms with Crippen LogP contribution in [0.4, 0.5) is 5.69 Å². The molecule has 0 aromatic heterocycles. The van der Waals surface area contributed by atoms with Crippen molar-refractivity contribution < 1.29 is 17.9 Å². The maximum atomic E-state index is 12.3. The first-order valence-corrected chi connectivity index (χ1v) is 12.4. The van der Waals surface area contributed by atoms with Gasteiger partial charge in [-0.15, -0.1) is 0 Å². The van der Waals surface area contributed by atoms with Crippen molar-refractivity contribution in [3.8, 4) is 5.75 Å². The van der Waals surface area contributed by atoms with Gasteiger partial charge in [0.05, 0.1) is 18.2 Å². The maximum absolute atomic E-state index is 12.3. The summed E-state index contributed by atoms with van der Waals surface area (Å²) in [6.07, 6.45) is 2.86. The van der Waals surface area contributed by atoms with Gasteiger partial charge in [0.25, 0.3) is 5.91 Å². The lowest BCUT2D eigenvalue weighted by Crippen LogP contribution is -2.39. The predicted molar refractivity (Wildman–Crippen MR) is 122 cm³/mol. The number of benzene rings is 2. The highest BCUT2D eigenvalue weighted by Gasteiger charge is 2.21. The van der Waals surface area contributed by atoms with Crippen LogP contribution in [0, 0.1) is 13.8 Å². The topological polar surface area (TPSA) is 88.1 Å². The van der Waals surface area contributed by atoms with Crippen molar-refractivity contribution in [2.24, 2.45) is 5.10 Å². The number of nitrogens with one attached hydrogen (secondary N) is 1. The Morgan fingerprint density at radius 1 is 1.20 bits per heavy atom. The first-order chi connectivity index (χ1) is 14.2. The lowest BCUT2D eigenvalue weighted by atomic mass is 10.1. The second kappa shape index (κ2) is 9.53. The summed E-state index contributed by atoms with van der Waals surface area (Å²) in [6, 6.07) is 12.7. The molecule has 3 rings (SSSR count). The first-order valence-electron chi connectivity index (χ1n) is 9.44. The van der Waals surface area contributed by atoms with Crippen LogP contribution in [0.25, 0.3) is 0 Å². The fourth-order valence-electron chi connectivity index (χ4n) is 2.73. The number of nitrogens with zero attached hydrogens (tertiary/aromatic N) is 2. The molecule has 2 aromatic rings. The van der Waals surface area contributed by atoms with Gasteiger partial charge in [-0.25, -0.2) is 13.8 Å². The van der Waals surface area contributed by atoms with Crippen LogP contribution in [0.15, 0.2) is 47.6 Å². The average Bonchev–Trinajstić information content (AvgIpc) is 2.65. The normalized spacial score (nSPS) is 14.4. The maximum Gasteiger partial charge on any atom is 0.260 e. The molecule has 0 unspecified atom stereocenters. The molecular weight excluding hydrogens is 422 g/mol. The van der Waals surface area contributed by atoms with Gasteiger partial charge in [-0.3, -0.25) is 9.10 Å². The SMILES string of the molecule is Cc1ccc(N(CC(=O)N/N=C\c2ccc(OC3CSC3)cc2)S(C)(=O)=O)cc1C. The Labute approximate surface area is 181 Å². The molecule has 7 nitrogen and oxygen atoms in total. The molecule has 0 saturated carbocycles. The molecule has 1 fully saturated rings. The lowest BCUT2D eigenvalue weighted by molar-refractivity contribution is -0.119. The minimum atomic E-state index is -3.63. The van der Waals surface area contributed by atoms with E-state index in [0.717, 1.165) is 44.5 Å². The summed E-state index contributed by atoms with van der Waals surface area (Å²) in [5, 5.41) is 3.93. The summed E-state index contributed by atoms with van der Waals surface area (Å²) < 4.78 is 31.2. The smallest absolute Gasteiger partial charge is 0.260 e. The van der Waals surface area contributed by atoms with Gasteiger partial charge in [0, 0.05) is 11.5 Å². The van der Waals surface area contributed by atoms with E-state index >= 15 is 0 Å². The van der Waals surface area contributed by atoms with Crippen molar-refractivity contribution in [1.82, 2.24) is 5.43 Å². The van der Waals surface area contributed by atoms with Crippen LogP contribution in [0.3, 0.4) is 0 Å². The number of carbonyl (C=O) groups excluding carboxylic acids is 1.